The van der Waals surface area contributed by atoms with Crippen molar-refractivity contribution in [3.63, 3.8) is 0 Å². The van der Waals surface area contributed by atoms with Gasteiger partial charge in [-0.25, -0.2) is 0 Å². The van der Waals surface area contributed by atoms with Crippen molar-refractivity contribution in [3.8, 4) is 0 Å². The molecule has 0 aromatic carbocycles. The Labute approximate surface area is 92.0 Å². The van der Waals surface area contributed by atoms with Gasteiger partial charge in [-0.3, -0.25) is 4.79 Å². The van der Waals surface area contributed by atoms with Gasteiger partial charge < -0.3 is 10.6 Å². The lowest BCUT2D eigenvalue weighted by Crippen LogP contribution is -2.36. The molecular formula is C12H22N2O. The van der Waals surface area contributed by atoms with Gasteiger partial charge in [0, 0.05) is 6.54 Å². The molecule has 0 aromatic rings. The number of carbonyl (C=O) groups is 1. The highest BCUT2D eigenvalue weighted by molar-refractivity contribution is 5.77. The van der Waals surface area contributed by atoms with Crippen LogP contribution in [0.3, 0.4) is 0 Å². The van der Waals surface area contributed by atoms with Crippen molar-refractivity contribution in [2.75, 3.05) is 19.6 Å². The fourth-order valence-corrected chi connectivity index (χ4v) is 2.25. The van der Waals surface area contributed by atoms with Crippen LogP contribution < -0.4 is 10.6 Å². The summed E-state index contributed by atoms with van der Waals surface area (Å²) in [5.41, 5.74) is 0. The molecule has 3 heteroatoms. The van der Waals surface area contributed by atoms with Gasteiger partial charge >= 0.3 is 0 Å². The van der Waals surface area contributed by atoms with Crippen molar-refractivity contribution >= 4 is 5.91 Å². The van der Waals surface area contributed by atoms with Crippen LogP contribution in [-0.4, -0.2) is 25.5 Å². The first-order valence-corrected chi connectivity index (χ1v) is 6.32. The van der Waals surface area contributed by atoms with Crippen LogP contribution >= 0.6 is 0 Å². The number of hydrogen-bond acceptors (Lipinski definition) is 2. The summed E-state index contributed by atoms with van der Waals surface area (Å²) in [6, 6.07) is 0. The average molecular weight is 210 g/mol. The van der Waals surface area contributed by atoms with Crippen molar-refractivity contribution in [3.05, 3.63) is 0 Å². The summed E-state index contributed by atoms with van der Waals surface area (Å²) in [7, 11) is 0. The molecule has 1 amide bonds. The molecule has 0 saturated heterocycles. The molecule has 0 bridgehead atoms. The maximum atomic E-state index is 11.4. The molecular weight excluding hydrogens is 188 g/mol. The van der Waals surface area contributed by atoms with Gasteiger partial charge in [0.05, 0.1) is 6.54 Å². The Balaban J connectivity index is 1.46. The smallest absolute Gasteiger partial charge is 0.233 e. The van der Waals surface area contributed by atoms with E-state index < -0.39 is 0 Å². The largest absolute Gasteiger partial charge is 0.355 e. The highest BCUT2D eigenvalue weighted by Crippen LogP contribution is 2.27. The molecule has 86 valence electrons. The van der Waals surface area contributed by atoms with E-state index in [1.54, 1.807) is 0 Å². The van der Waals surface area contributed by atoms with Gasteiger partial charge in [0.15, 0.2) is 0 Å². The fourth-order valence-electron chi connectivity index (χ4n) is 2.25. The lowest BCUT2D eigenvalue weighted by molar-refractivity contribution is -0.120. The summed E-state index contributed by atoms with van der Waals surface area (Å²) in [5.74, 6) is 1.77. The third-order valence-electron chi connectivity index (χ3n) is 3.48. The molecule has 0 radical (unpaired) electrons. The molecule has 2 rings (SSSR count). The first-order chi connectivity index (χ1) is 7.34. The average Bonchev–Trinajstić information content (AvgIpc) is 2.92. The summed E-state index contributed by atoms with van der Waals surface area (Å²) in [5, 5.41) is 6.23. The lowest BCUT2D eigenvalue weighted by Gasteiger charge is -2.10. The molecule has 2 N–H and O–H groups in total. The van der Waals surface area contributed by atoms with Crippen LogP contribution in [0, 0.1) is 11.8 Å². The summed E-state index contributed by atoms with van der Waals surface area (Å²) in [6.07, 6.45) is 8.04. The zero-order valence-electron chi connectivity index (χ0n) is 9.43. The molecule has 3 nitrogen and oxygen atoms in total. The monoisotopic (exact) mass is 210 g/mol. The van der Waals surface area contributed by atoms with Crippen LogP contribution in [0.4, 0.5) is 0 Å². The molecule has 2 saturated carbocycles. The third kappa shape index (κ3) is 4.20. The minimum atomic E-state index is 0.167. The fraction of sp³-hybridized carbons (Fsp3) is 0.917. The van der Waals surface area contributed by atoms with Crippen molar-refractivity contribution < 1.29 is 4.79 Å². The van der Waals surface area contributed by atoms with Crippen LogP contribution in [0.1, 0.15) is 38.5 Å². The molecule has 15 heavy (non-hydrogen) atoms. The number of rotatable bonds is 6. The minimum absolute atomic E-state index is 0.167. The number of hydrogen-bond donors (Lipinski definition) is 2. The Morgan fingerprint density at radius 2 is 1.67 bits per heavy atom. The normalized spacial score (nSPS) is 21.9. The molecule has 0 heterocycles. The van der Waals surface area contributed by atoms with Crippen LogP contribution in [-0.2, 0) is 4.79 Å². The summed E-state index contributed by atoms with van der Waals surface area (Å²) < 4.78 is 0. The Kier molecular flexibility index (Phi) is 4.01. The van der Waals surface area contributed by atoms with E-state index in [0.29, 0.717) is 6.54 Å². The molecule has 0 aromatic heterocycles. The molecule has 0 unspecified atom stereocenters. The first-order valence-electron chi connectivity index (χ1n) is 6.32. The zero-order valence-corrected chi connectivity index (χ0v) is 9.43. The second kappa shape index (κ2) is 5.50. The van der Waals surface area contributed by atoms with E-state index in [9.17, 15) is 4.79 Å². The summed E-state index contributed by atoms with van der Waals surface area (Å²) in [6.45, 7) is 2.42. The van der Waals surface area contributed by atoms with Gasteiger partial charge in [-0.15, -0.1) is 0 Å². The van der Waals surface area contributed by atoms with Crippen molar-refractivity contribution in [1.82, 2.24) is 10.6 Å². The van der Waals surface area contributed by atoms with Crippen LogP contribution in [0.5, 0.6) is 0 Å². The maximum Gasteiger partial charge on any atom is 0.233 e. The predicted molar refractivity (Wildman–Crippen MR) is 60.6 cm³/mol. The van der Waals surface area contributed by atoms with E-state index in [4.69, 9.17) is 0 Å². The highest BCUT2D eigenvalue weighted by Gasteiger charge is 2.21. The summed E-state index contributed by atoms with van der Waals surface area (Å²) >= 11 is 0. The molecule has 2 aliphatic rings. The molecule has 2 aliphatic carbocycles. The topological polar surface area (TPSA) is 41.1 Å². The Morgan fingerprint density at radius 3 is 2.33 bits per heavy atom. The Morgan fingerprint density at radius 1 is 1.00 bits per heavy atom. The van der Waals surface area contributed by atoms with Crippen LogP contribution in [0.2, 0.25) is 0 Å². The Bertz CT molecular complexity index is 208. The van der Waals surface area contributed by atoms with Gasteiger partial charge in [0.25, 0.3) is 0 Å². The molecule has 0 atom stereocenters. The van der Waals surface area contributed by atoms with Gasteiger partial charge in [-0.05, 0) is 44.1 Å². The van der Waals surface area contributed by atoms with Crippen molar-refractivity contribution in [2.24, 2.45) is 11.8 Å². The van der Waals surface area contributed by atoms with Crippen LogP contribution in [0.25, 0.3) is 0 Å². The number of nitrogens with one attached hydrogen (secondary N) is 2. The number of carbonyl (C=O) groups excluding carboxylic acids is 1. The molecule has 2 fully saturated rings. The summed E-state index contributed by atoms with van der Waals surface area (Å²) in [4.78, 5) is 11.4. The van der Waals surface area contributed by atoms with E-state index in [-0.39, 0.29) is 5.91 Å². The van der Waals surface area contributed by atoms with Crippen molar-refractivity contribution in [2.45, 2.75) is 38.5 Å². The highest BCUT2D eigenvalue weighted by atomic mass is 16.1. The van der Waals surface area contributed by atoms with E-state index in [0.717, 1.165) is 24.9 Å². The lowest BCUT2D eigenvalue weighted by atomic mass is 10.1. The van der Waals surface area contributed by atoms with Crippen LogP contribution in [0.15, 0.2) is 0 Å². The second-order valence-corrected chi connectivity index (χ2v) is 5.03. The second-order valence-electron chi connectivity index (χ2n) is 5.03. The minimum Gasteiger partial charge on any atom is -0.355 e. The van der Waals surface area contributed by atoms with Gasteiger partial charge in [0.1, 0.15) is 0 Å². The standard InChI is InChI=1S/C12H22N2O/c15-12(14-8-11-5-6-11)9-13-7-10-3-1-2-4-10/h10-11,13H,1-9H2,(H,14,15). The SMILES string of the molecule is O=C(CNCC1CCCC1)NCC1CC1. The van der Waals surface area contributed by atoms with E-state index in [1.807, 2.05) is 0 Å². The molecule has 0 spiro atoms. The van der Waals surface area contributed by atoms with E-state index in [1.165, 1.54) is 38.5 Å². The zero-order chi connectivity index (χ0) is 10.5. The number of amides is 1. The van der Waals surface area contributed by atoms with Crippen molar-refractivity contribution in [1.29, 1.82) is 0 Å². The van der Waals surface area contributed by atoms with Gasteiger partial charge in [0.2, 0.25) is 5.91 Å². The molecule has 0 aliphatic heterocycles. The third-order valence-corrected chi connectivity index (χ3v) is 3.48. The first kappa shape index (κ1) is 10.9. The van der Waals surface area contributed by atoms with Gasteiger partial charge in [-0.1, -0.05) is 12.8 Å². The quantitative estimate of drug-likeness (QED) is 0.693. The maximum absolute atomic E-state index is 11.4. The van der Waals surface area contributed by atoms with E-state index in [2.05, 4.69) is 10.6 Å². The van der Waals surface area contributed by atoms with E-state index >= 15 is 0 Å². The Hall–Kier alpha value is -0.570. The predicted octanol–water partition coefficient (Wildman–Crippen LogP) is 1.29. The van der Waals surface area contributed by atoms with Gasteiger partial charge in [-0.2, -0.15) is 0 Å².